The van der Waals surface area contributed by atoms with Crippen LogP contribution in [0.4, 0.5) is 8.78 Å². The Morgan fingerprint density at radius 1 is 1.27 bits per heavy atom. The third-order valence-corrected chi connectivity index (χ3v) is 4.64. The molecule has 0 aromatic heterocycles. The number of rotatable bonds is 5. The Morgan fingerprint density at radius 3 is 2.36 bits per heavy atom. The number of ether oxygens (including phenoxy) is 1. The number of likely N-dealkylation sites (tertiary alicyclic amines) is 1. The molecular weight excluding hydrogens is 356 g/mol. The number of piperidine rings is 1. The highest BCUT2D eigenvalue weighted by molar-refractivity contribution is 9.10. The van der Waals surface area contributed by atoms with Gasteiger partial charge in [0.25, 0.3) is 0 Å². The Bertz CT molecular complexity index is 482. The van der Waals surface area contributed by atoms with Crippen LogP contribution in [-0.4, -0.2) is 41.3 Å². The number of benzene rings is 1. The molecule has 1 saturated heterocycles. The molecule has 1 aliphatic rings. The summed E-state index contributed by atoms with van der Waals surface area (Å²) in [6.45, 7) is 4.59. The number of aliphatic hydroxyl groups is 1. The zero-order valence-corrected chi connectivity index (χ0v) is 14.4. The summed E-state index contributed by atoms with van der Waals surface area (Å²) < 4.78 is 32.8. The first-order chi connectivity index (χ1) is 10.4. The first-order valence-electron chi connectivity index (χ1n) is 7.59. The van der Waals surface area contributed by atoms with Gasteiger partial charge in [-0.15, -0.1) is 0 Å². The molecule has 0 unspecified atom stereocenters. The van der Waals surface area contributed by atoms with E-state index >= 15 is 0 Å². The topological polar surface area (TPSA) is 32.7 Å². The largest absolute Gasteiger partial charge is 0.485 e. The summed E-state index contributed by atoms with van der Waals surface area (Å²) in [6, 6.07) is 3.08. The Labute approximate surface area is 138 Å². The van der Waals surface area contributed by atoms with E-state index in [-0.39, 0.29) is 6.61 Å². The van der Waals surface area contributed by atoms with Crippen molar-refractivity contribution in [3.63, 3.8) is 0 Å². The minimum absolute atomic E-state index is 0.134. The van der Waals surface area contributed by atoms with Crippen molar-refractivity contribution >= 4 is 15.9 Å². The average molecular weight is 378 g/mol. The quantitative estimate of drug-likeness (QED) is 0.848. The fourth-order valence-corrected chi connectivity index (χ4v) is 3.38. The lowest BCUT2D eigenvalue weighted by molar-refractivity contribution is 0.0195. The molecule has 1 aromatic rings. The van der Waals surface area contributed by atoms with Gasteiger partial charge in [0.05, 0.1) is 0 Å². The molecule has 6 heteroatoms. The Balaban J connectivity index is 1.91. The molecule has 1 aromatic carbocycles. The zero-order valence-electron chi connectivity index (χ0n) is 12.9. The van der Waals surface area contributed by atoms with Crippen LogP contribution >= 0.6 is 15.9 Å². The van der Waals surface area contributed by atoms with Crippen LogP contribution in [0.15, 0.2) is 16.6 Å². The molecule has 0 amide bonds. The van der Waals surface area contributed by atoms with Gasteiger partial charge in [0.15, 0.2) is 17.4 Å². The number of hydrogen-bond donors (Lipinski definition) is 1. The van der Waals surface area contributed by atoms with Gasteiger partial charge in [-0.2, -0.15) is 0 Å². The summed E-state index contributed by atoms with van der Waals surface area (Å²) in [5.74, 6) is -2.00. The molecule has 3 nitrogen and oxygen atoms in total. The predicted octanol–water partition coefficient (Wildman–Crippen LogP) is 3.73. The van der Waals surface area contributed by atoms with Gasteiger partial charge in [0.1, 0.15) is 12.7 Å². The highest BCUT2D eigenvalue weighted by atomic mass is 79.9. The molecule has 0 radical (unpaired) electrons. The lowest BCUT2D eigenvalue weighted by Gasteiger charge is -2.40. The fourth-order valence-electron chi connectivity index (χ4n) is 2.98. The van der Waals surface area contributed by atoms with Crippen LogP contribution < -0.4 is 4.74 Å². The van der Waals surface area contributed by atoms with Gasteiger partial charge < -0.3 is 9.84 Å². The summed E-state index contributed by atoms with van der Waals surface area (Å²) in [4.78, 5) is 2.23. The van der Waals surface area contributed by atoms with E-state index in [1.54, 1.807) is 0 Å². The first-order valence-corrected chi connectivity index (χ1v) is 8.39. The molecule has 1 heterocycles. The number of β-amino-alcohol motifs (C(OH)–C–C–N with tert-alkyl or cyclic N) is 1. The van der Waals surface area contributed by atoms with Gasteiger partial charge in [-0.25, -0.2) is 8.78 Å². The van der Waals surface area contributed by atoms with Crippen molar-refractivity contribution in [1.82, 2.24) is 4.90 Å². The first kappa shape index (κ1) is 17.6. The molecular formula is C16H22BrF2NO2. The molecule has 1 aliphatic heterocycles. The van der Waals surface area contributed by atoms with Crippen LogP contribution in [0.2, 0.25) is 0 Å². The second-order valence-corrected chi connectivity index (χ2v) is 6.90. The summed E-state index contributed by atoms with van der Waals surface area (Å²) in [5.41, 5.74) is 0. The van der Waals surface area contributed by atoms with Crippen LogP contribution in [0, 0.1) is 11.6 Å². The van der Waals surface area contributed by atoms with E-state index in [4.69, 9.17) is 4.74 Å². The molecule has 0 saturated carbocycles. The molecule has 1 fully saturated rings. The van der Waals surface area contributed by atoms with Crippen molar-refractivity contribution in [3.05, 3.63) is 28.2 Å². The van der Waals surface area contributed by atoms with E-state index in [0.29, 0.717) is 23.1 Å². The minimum Gasteiger partial charge on any atom is -0.485 e. The van der Waals surface area contributed by atoms with E-state index in [0.717, 1.165) is 25.0 Å². The molecule has 22 heavy (non-hydrogen) atoms. The van der Waals surface area contributed by atoms with Gasteiger partial charge in [0.2, 0.25) is 0 Å². The smallest absolute Gasteiger partial charge is 0.190 e. The number of aliphatic hydroxyl groups excluding tert-OH is 1. The van der Waals surface area contributed by atoms with Crippen LogP contribution in [0.5, 0.6) is 5.75 Å². The van der Waals surface area contributed by atoms with Crippen LogP contribution in [0.1, 0.15) is 33.1 Å². The maximum atomic E-state index is 13.7. The van der Waals surface area contributed by atoms with Gasteiger partial charge in [-0.1, -0.05) is 22.4 Å². The maximum absolute atomic E-state index is 13.7. The summed E-state index contributed by atoms with van der Waals surface area (Å²) in [6.07, 6.45) is 2.62. The molecule has 1 N–H and O–H groups in total. The Hall–Kier alpha value is -0.720. The van der Waals surface area contributed by atoms with Crippen molar-refractivity contribution in [2.24, 2.45) is 0 Å². The van der Waals surface area contributed by atoms with Crippen molar-refractivity contribution < 1.29 is 18.6 Å². The van der Waals surface area contributed by atoms with E-state index in [1.165, 1.54) is 6.42 Å². The van der Waals surface area contributed by atoms with Crippen molar-refractivity contribution in [1.29, 1.82) is 0 Å². The summed E-state index contributed by atoms with van der Waals surface area (Å²) >= 11 is 3.01. The Morgan fingerprint density at radius 2 is 1.82 bits per heavy atom. The fraction of sp³-hybridized carbons (Fsp3) is 0.625. The maximum Gasteiger partial charge on any atom is 0.190 e. The highest BCUT2D eigenvalue weighted by Crippen LogP contribution is 2.26. The number of halogens is 3. The second kappa shape index (κ2) is 7.70. The van der Waals surface area contributed by atoms with Crippen molar-refractivity contribution in [2.45, 2.75) is 51.3 Å². The van der Waals surface area contributed by atoms with Crippen LogP contribution in [-0.2, 0) is 0 Å². The highest BCUT2D eigenvalue weighted by Gasteiger charge is 2.26. The lowest BCUT2D eigenvalue weighted by Crippen LogP contribution is -2.48. The SMILES string of the molecule is C[C@H]1CCC[C@H](C)N1C[C@H](O)COc1c(F)cc(Br)cc1F. The van der Waals surface area contributed by atoms with E-state index in [2.05, 4.69) is 34.7 Å². The van der Waals surface area contributed by atoms with Gasteiger partial charge in [0, 0.05) is 23.1 Å². The second-order valence-electron chi connectivity index (χ2n) is 5.99. The van der Waals surface area contributed by atoms with E-state index in [1.807, 2.05) is 0 Å². The van der Waals surface area contributed by atoms with Gasteiger partial charge >= 0.3 is 0 Å². The van der Waals surface area contributed by atoms with E-state index < -0.39 is 23.5 Å². The lowest BCUT2D eigenvalue weighted by atomic mass is 9.97. The molecule has 0 spiro atoms. The van der Waals surface area contributed by atoms with Crippen molar-refractivity contribution in [3.8, 4) is 5.75 Å². The molecule has 2 rings (SSSR count). The van der Waals surface area contributed by atoms with Gasteiger partial charge in [-0.3, -0.25) is 4.90 Å². The third kappa shape index (κ3) is 4.40. The Kier molecular flexibility index (Phi) is 6.17. The standard InChI is InChI=1S/C16H22BrF2NO2/c1-10-4-3-5-11(2)20(10)8-13(21)9-22-16-14(18)6-12(17)7-15(16)19/h6-7,10-11,13,21H,3-5,8-9H2,1-2H3/t10-,11-,13-/m0/s1. The number of hydrogen-bond acceptors (Lipinski definition) is 3. The summed E-state index contributed by atoms with van der Waals surface area (Å²) in [5, 5.41) is 10.1. The van der Waals surface area contributed by atoms with Crippen molar-refractivity contribution in [2.75, 3.05) is 13.2 Å². The van der Waals surface area contributed by atoms with Crippen LogP contribution in [0.25, 0.3) is 0 Å². The number of nitrogens with zero attached hydrogens (tertiary/aromatic N) is 1. The third-order valence-electron chi connectivity index (χ3n) is 4.18. The predicted molar refractivity (Wildman–Crippen MR) is 85.0 cm³/mol. The monoisotopic (exact) mass is 377 g/mol. The molecule has 0 aliphatic carbocycles. The van der Waals surface area contributed by atoms with Crippen LogP contribution in [0.3, 0.4) is 0 Å². The van der Waals surface area contributed by atoms with Gasteiger partial charge in [-0.05, 0) is 38.8 Å². The zero-order chi connectivity index (χ0) is 16.3. The summed E-state index contributed by atoms with van der Waals surface area (Å²) in [7, 11) is 0. The molecule has 3 atom stereocenters. The minimum atomic E-state index is -0.787. The molecule has 0 bridgehead atoms. The normalized spacial score (nSPS) is 24.3. The molecule has 124 valence electrons. The van der Waals surface area contributed by atoms with E-state index in [9.17, 15) is 13.9 Å². The average Bonchev–Trinajstić information content (AvgIpc) is 2.42.